The van der Waals surface area contributed by atoms with Gasteiger partial charge in [0.05, 0.1) is 12.7 Å². The number of hydrogen-bond acceptors (Lipinski definition) is 3. The lowest BCUT2D eigenvalue weighted by atomic mass is 10.0. The highest BCUT2D eigenvalue weighted by Crippen LogP contribution is 2.29. The number of aromatic nitrogens is 1. The maximum absolute atomic E-state index is 13.0. The van der Waals surface area contributed by atoms with Gasteiger partial charge in [-0.2, -0.15) is 13.2 Å². The van der Waals surface area contributed by atoms with Crippen LogP contribution in [0.2, 0.25) is 0 Å². The summed E-state index contributed by atoms with van der Waals surface area (Å²) >= 11 is 0. The van der Waals surface area contributed by atoms with Gasteiger partial charge in [-0.25, -0.2) is 0 Å². The second kappa shape index (κ2) is 11.4. The topological polar surface area (TPSA) is 43.3 Å². The summed E-state index contributed by atoms with van der Waals surface area (Å²) in [4.78, 5) is 12.5. The number of alkyl halides is 3. The zero-order valence-corrected chi connectivity index (χ0v) is 19.9. The quantitative estimate of drug-likeness (QED) is 0.300. The van der Waals surface area contributed by atoms with Crippen molar-refractivity contribution in [2.45, 2.75) is 31.7 Å². The van der Waals surface area contributed by atoms with Gasteiger partial charge in [0.25, 0.3) is 0 Å². The van der Waals surface area contributed by atoms with Crippen LogP contribution in [0.15, 0.2) is 85.1 Å². The van der Waals surface area contributed by atoms with Gasteiger partial charge >= 0.3 is 12.1 Å². The first kappa shape index (κ1) is 26.3. The van der Waals surface area contributed by atoms with Crippen molar-refractivity contribution >= 4 is 29.3 Å². The van der Waals surface area contributed by atoms with Gasteiger partial charge in [-0.1, -0.05) is 66.7 Å². The molecule has 4 rings (SSSR count). The third kappa shape index (κ3) is 6.44. The van der Waals surface area contributed by atoms with Gasteiger partial charge in [-0.05, 0) is 28.8 Å². The van der Waals surface area contributed by atoms with E-state index in [4.69, 9.17) is 4.74 Å². The Hall–Kier alpha value is -3.29. The largest absolute Gasteiger partial charge is 0.468 e. The molecular weight excluding hydrogens is 477 g/mol. The van der Waals surface area contributed by atoms with Crippen LogP contribution in [0.3, 0.4) is 0 Å². The molecule has 1 atom stereocenters. The molecule has 0 unspecified atom stereocenters. The van der Waals surface area contributed by atoms with E-state index in [9.17, 15) is 18.0 Å². The summed E-state index contributed by atoms with van der Waals surface area (Å²) in [5, 5.41) is 4.11. The molecule has 0 fully saturated rings. The Balaban J connectivity index is 0.00000342. The maximum Gasteiger partial charge on any atom is 0.416 e. The highest BCUT2D eigenvalue weighted by Gasteiger charge is 2.30. The Morgan fingerprint density at radius 3 is 2.37 bits per heavy atom. The Kier molecular flexibility index (Phi) is 8.59. The van der Waals surface area contributed by atoms with E-state index in [-0.39, 0.29) is 19.0 Å². The van der Waals surface area contributed by atoms with E-state index in [0.29, 0.717) is 18.5 Å². The fourth-order valence-electron chi connectivity index (χ4n) is 4.10. The van der Waals surface area contributed by atoms with E-state index >= 15 is 0 Å². The highest BCUT2D eigenvalue weighted by atomic mass is 35.5. The molecule has 4 aromatic rings. The van der Waals surface area contributed by atoms with Crippen LogP contribution in [0.25, 0.3) is 10.9 Å². The number of ether oxygens (including phenoxy) is 1. The zero-order valence-electron chi connectivity index (χ0n) is 19.1. The maximum atomic E-state index is 13.0. The van der Waals surface area contributed by atoms with Gasteiger partial charge < -0.3 is 14.6 Å². The molecule has 0 aliphatic carbocycles. The summed E-state index contributed by atoms with van der Waals surface area (Å²) < 4.78 is 46.3. The molecule has 1 heterocycles. The van der Waals surface area contributed by atoms with Crippen molar-refractivity contribution < 1.29 is 22.7 Å². The predicted octanol–water partition coefficient (Wildman–Crippen LogP) is 6.00. The fraction of sp³-hybridized carbons (Fsp3) is 0.222. The number of nitrogens with one attached hydrogen (secondary N) is 1. The third-order valence-electron chi connectivity index (χ3n) is 5.78. The van der Waals surface area contributed by atoms with Gasteiger partial charge in [0.1, 0.15) is 6.04 Å². The monoisotopic (exact) mass is 502 g/mol. The molecule has 1 N–H and O–H groups in total. The number of rotatable bonds is 8. The first-order chi connectivity index (χ1) is 16.3. The average molecular weight is 503 g/mol. The van der Waals surface area contributed by atoms with Gasteiger partial charge in [0, 0.05) is 36.6 Å². The van der Waals surface area contributed by atoms with Crippen molar-refractivity contribution in [1.82, 2.24) is 9.88 Å². The van der Waals surface area contributed by atoms with Crippen molar-refractivity contribution in [3.05, 3.63) is 107 Å². The molecule has 0 amide bonds. The molecule has 3 aromatic carbocycles. The number of fused-ring (bicyclic) bond motifs is 1. The van der Waals surface area contributed by atoms with E-state index in [2.05, 4.69) is 22.0 Å². The van der Waals surface area contributed by atoms with Crippen molar-refractivity contribution in [2.75, 3.05) is 7.11 Å². The first-order valence-corrected chi connectivity index (χ1v) is 10.9. The van der Waals surface area contributed by atoms with Gasteiger partial charge in [-0.15, -0.1) is 12.4 Å². The van der Waals surface area contributed by atoms with Crippen LogP contribution < -0.4 is 5.32 Å². The number of methoxy groups -OCH3 is 1. The van der Waals surface area contributed by atoms with Crippen molar-refractivity contribution in [1.29, 1.82) is 0 Å². The number of esters is 1. The summed E-state index contributed by atoms with van der Waals surface area (Å²) in [5.74, 6) is -0.466. The number of hydrogen-bond donors (Lipinski definition) is 1. The van der Waals surface area contributed by atoms with Crippen LogP contribution in [-0.2, 0) is 35.2 Å². The number of halogens is 4. The number of carbonyl (C=O) groups excluding carboxylic acids is 1. The lowest BCUT2D eigenvalue weighted by molar-refractivity contribution is -0.143. The molecule has 184 valence electrons. The smallest absolute Gasteiger partial charge is 0.416 e. The Bertz CT molecular complexity index is 1270. The first-order valence-electron chi connectivity index (χ1n) is 10.9. The van der Waals surface area contributed by atoms with Gasteiger partial charge in [0.15, 0.2) is 0 Å². The standard InChI is InChI=1S/C27H25F3N2O2.ClH/c1-34-26(33)24(31-16-20-10-7-11-22(14-20)27(28,29)30)15-21-18-32(17-19-8-3-2-4-9-19)25-13-6-5-12-23(21)25;/h2-14,18,24,31H,15-17H2,1H3;1H/t24-;/m1./s1. The second-order valence-corrected chi connectivity index (χ2v) is 8.14. The van der Waals surface area contributed by atoms with Crippen molar-refractivity contribution in [2.24, 2.45) is 0 Å². The third-order valence-corrected chi connectivity index (χ3v) is 5.78. The van der Waals surface area contributed by atoms with Crippen LogP contribution in [0.5, 0.6) is 0 Å². The van der Waals surface area contributed by atoms with Crippen molar-refractivity contribution in [3.63, 3.8) is 0 Å². The Labute approximate surface area is 208 Å². The van der Waals surface area contributed by atoms with Crippen LogP contribution >= 0.6 is 12.4 Å². The van der Waals surface area contributed by atoms with Crippen LogP contribution in [0, 0.1) is 0 Å². The fourth-order valence-corrected chi connectivity index (χ4v) is 4.10. The molecule has 0 spiro atoms. The normalized spacial score (nSPS) is 12.2. The van der Waals surface area contributed by atoms with Crippen LogP contribution in [0.1, 0.15) is 22.3 Å². The molecule has 0 radical (unpaired) electrons. The SMILES string of the molecule is COC(=O)[C@@H](Cc1cn(Cc2ccccc2)c2ccccc12)NCc1cccc(C(F)(F)F)c1.Cl. The molecule has 1 aromatic heterocycles. The van der Waals surface area contributed by atoms with E-state index in [1.165, 1.54) is 13.2 Å². The summed E-state index contributed by atoms with van der Waals surface area (Å²) in [6.07, 6.45) is -2.05. The molecule has 0 bridgehead atoms. The molecule has 35 heavy (non-hydrogen) atoms. The molecule has 8 heteroatoms. The minimum atomic E-state index is -4.42. The van der Waals surface area contributed by atoms with E-state index < -0.39 is 23.8 Å². The molecule has 0 saturated carbocycles. The molecule has 0 aliphatic heterocycles. The minimum Gasteiger partial charge on any atom is -0.468 e. The minimum absolute atomic E-state index is 0. The van der Waals surface area contributed by atoms with Crippen LogP contribution in [0.4, 0.5) is 13.2 Å². The average Bonchev–Trinajstić information content (AvgIpc) is 3.18. The molecule has 0 saturated heterocycles. The number of nitrogens with zero attached hydrogens (tertiary/aromatic N) is 1. The highest BCUT2D eigenvalue weighted by molar-refractivity contribution is 5.86. The molecule has 0 aliphatic rings. The Morgan fingerprint density at radius 1 is 0.971 bits per heavy atom. The lowest BCUT2D eigenvalue weighted by Gasteiger charge is -2.17. The van der Waals surface area contributed by atoms with E-state index in [0.717, 1.165) is 34.2 Å². The van der Waals surface area contributed by atoms with E-state index in [1.807, 2.05) is 48.7 Å². The van der Waals surface area contributed by atoms with Crippen molar-refractivity contribution in [3.8, 4) is 0 Å². The number of benzene rings is 3. The van der Waals surface area contributed by atoms with Gasteiger partial charge in [-0.3, -0.25) is 4.79 Å². The lowest BCUT2D eigenvalue weighted by Crippen LogP contribution is -2.39. The summed E-state index contributed by atoms with van der Waals surface area (Å²) in [6.45, 7) is 0.786. The summed E-state index contributed by atoms with van der Waals surface area (Å²) in [7, 11) is 1.31. The molecular formula is C27H26ClF3N2O2. The van der Waals surface area contributed by atoms with E-state index in [1.54, 1.807) is 6.07 Å². The predicted molar refractivity (Wildman–Crippen MR) is 133 cm³/mol. The zero-order chi connectivity index (χ0) is 24.1. The summed E-state index contributed by atoms with van der Waals surface area (Å²) in [5.41, 5.74) is 2.88. The second-order valence-electron chi connectivity index (χ2n) is 8.14. The number of carbonyl (C=O) groups is 1. The van der Waals surface area contributed by atoms with Crippen LogP contribution in [-0.4, -0.2) is 23.7 Å². The summed E-state index contributed by atoms with van der Waals surface area (Å²) in [6, 6.07) is 22.4. The molecule has 4 nitrogen and oxygen atoms in total. The Morgan fingerprint density at radius 2 is 1.66 bits per heavy atom. The van der Waals surface area contributed by atoms with Gasteiger partial charge in [0.2, 0.25) is 0 Å². The number of para-hydroxylation sites is 1.